The van der Waals surface area contributed by atoms with Crippen LogP contribution >= 0.6 is 0 Å². The molecule has 0 aliphatic rings. The minimum absolute atomic E-state index is 0.0309. The maximum atomic E-state index is 11.6. The van der Waals surface area contributed by atoms with Gasteiger partial charge in [-0.05, 0) is 0 Å². The predicted octanol–water partition coefficient (Wildman–Crippen LogP) is -0.160. The summed E-state index contributed by atoms with van der Waals surface area (Å²) in [5.41, 5.74) is 0. The van der Waals surface area contributed by atoms with Crippen LogP contribution in [-0.4, -0.2) is 5.97 Å². The Morgan fingerprint density at radius 1 is 1.27 bits per heavy atom. The van der Waals surface area contributed by atoms with Crippen LogP contribution in [0.3, 0.4) is 0 Å². The van der Waals surface area contributed by atoms with Crippen LogP contribution < -0.4 is 21.6 Å². The standard InChI is InChI=1S/C12H16IO2/c1-3-10(4-2)12(14)15-13-11-8-6-5-7-9-11/h5-10H,3-4H2,1-2H3/q-1. The first-order valence-corrected chi connectivity index (χ1v) is 7.14. The molecule has 0 saturated carbocycles. The van der Waals surface area contributed by atoms with E-state index in [0.717, 1.165) is 16.4 Å². The monoisotopic (exact) mass is 319 g/mol. The fraction of sp³-hybridized carbons (Fsp3) is 0.417. The van der Waals surface area contributed by atoms with Crippen molar-refractivity contribution in [1.82, 2.24) is 0 Å². The number of halogens is 1. The van der Waals surface area contributed by atoms with Gasteiger partial charge in [-0.25, -0.2) is 0 Å². The summed E-state index contributed by atoms with van der Waals surface area (Å²) in [5, 5.41) is 0. The molecular formula is C12H16IO2-. The van der Waals surface area contributed by atoms with E-state index in [9.17, 15) is 4.79 Å². The van der Waals surface area contributed by atoms with Gasteiger partial charge in [0.1, 0.15) is 0 Å². The molecule has 0 saturated heterocycles. The second-order valence-electron chi connectivity index (χ2n) is 3.28. The summed E-state index contributed by atoms with van der Waals surface area (Å²) in [6.07, 6.45) is 1.74. The molecule has 2 nitrogen and oxygen atoms in total. The number of carbonyl (C=O) groups is 1. The summed E-state index contributed by atoms with van der Waals surface area (Å²) < 4.78 is 6.49. The molecular weight excluding hydrogens is 303 g/mol. The molecule has 0 bridgehead atoms. The molecule has 0 fully saturated rings. The third-order valence-corrected chi connectivity index (χ3v) is 4.14. The van der Waals surface area contributed by atoms with Crippen molar-refractivity contribution in [1.29, 1.82) is 0 Å². The summed E-state index contributed by atoms with van der Waals surface area (Å²) in [4.78, 5) is 11.6. The Balaban J connectivity index is 2.40. The van der Waals surface area contributed by atoms with Gasteiger partial charge in [-0.2, -0.15) is 0 Å². The summed E-state index contributed by atoms with van der Waals surface area (Å²) >= 11 is -0.609. The van der Waals surface area contributed by atoms with Gasteiger partial charge in [-0.1, -0.05) is 0 Å². The van der Waals surface area contributed by atoms with Gasteiger partial charge in [-0.3, -0.25) is 0 Å². The van der Waals surface area contributed by atoms with E-state index in [1.54, 1.807) is 0 Å². The molecule has 0 radical (unpaired) electrons. The van der Waals surface area contributed by atoms with Crippen molar-refractivity contribution in [2.75, 3.05) is 0 Å². The molecule has 0 aromatic heterocycles. The Morgan fingerprint density at radius 3 is 2.40 bits per heavy atom. The SMILES string of the molecule is CCC(CC)C(=O)O[I-]c1ccccc1. The molecule has 0 amide bonds. The van der Waals surface area contributed by atoms with Crippen LogP contribution in [0.5, 0.6) is 0 Å². The molecule has 0 aliphatic carbocycles. The molecule has 0 spiro atoms. The van der Waals surface area contributed by atoms with Gasteiger partial charge in [0, 0.05) is 0 Å². The quantitative estimate of drug-likeness (QED) is 0.705. The topological polar surface area (TPSA) is 26.3 Å². The summed E-state index contributed by atoms with van der Waals surface area (Å²) in [6, 6.07) is 9.93. The second kappa shape index (κ2) is 6.82. The van der Waals surface area contributed by atoms with Crippen molar-refractivity contribution in [2.24, 2.45) is 5.92 Å². The molecule has 3 heteroatoms. The maximum absolute atomic E-state index is 11.6. The van der Waals surface area contributed by atoms with Crippen LogP contribution in [0.1, 0.15) is 26.7 Å². The van der Waals surface area contributed by atoms with Crippen LogP contribution in [0.4, 0.5) is 0 Å². The summed E-state index contributed by atoms with van der Waals surface area (Å²) in [6.45, 7) is 4.05. The zero-order valence-electron chi connectivity index (χ0n) is 9.07. The first kappa shape index (κ1) is 12.5. The van der Waals surface area contributed by atoms with Gasteiger partial charge >= 0.3 is 102 Å². The third-order valence-electron chi connectivity index (χ3n) is 2.26. The van der Waals surface area contributed by atoms with Gasteiger partial charge in [0.25, 0.3) is 0 Å². The van der Waals surface area contributed by atoms with Crippen LogP contribution in [0.15, 0.2) is 30.3 Å². The van der Waals surface area contributed by atoms with Gasteiger partial charge in [0.15, 0.2) is 0 Å². The molecule has 84 valence electrons. The fourth-order valence-corrected chi connectivity index (χ4v) is 2.77. The number of hydrogen-bond donors (Lipinski definition) is 0. The Bertz CT molecular complexity index is 294. The zero-order valence-corrected chi connectivity index (χ0v) is 11.2. The average molecular weight is 319 g/mol. The third kappa shape index (κ3) is 4.20. The fourth-order valence-electron chi connectivity index (χ4n) is 1.23. The van der Waals surface area contributed by atoms with Crippen molar-refractivity contribution < 1.29 is 29.5 Å². The van der Waals surface area contributed by atoms with Crippen molar-refractivity contribution in [3.05, 3.63) is 33.9 Å². The van der Waals surface area contributed by atoms with Crippen molar-refractivity contribution >= 4 is 5.97 Å². The van der Waals surface area contributed by atoms with E-state index in [2.05, 4.69) is 0 Å². The number of benzene rings is 1. The van der Waals surface area contributed by atoms with Gasteiger partial charge in [0.05, 0.1) is 0 Å². The molecule has 0 N–H and O–H groups in total. The van der Waals surface area contributed by atoms with Crippen molar-refractivity contribution in [3.63, 3.8) is 0 Å². The van der Waals surface area contributed by atoms with E-state index in [0.29, 0.717) is 0 Å². The molecule has 1 rings (SSSR count). The first-order valence-electron chi connectivity index (χ1n) is 5.18. The van der Waals surface area contributed by atoms with E-state index in [4.69, 9.17) is 3.07 Å². The van der Waals surface area contributed by atoms with Gasteiger partial charge in [0.2, 0.25) is 0 Å². The van der Waals surface area contributed by atoms with E-state index < -0.39 is 21.6 Å². The Hall–Kier alpha value is -0.580. The Labute approximate surface area is 102 Å². The van der Waals surface area contributed by atoms with Crippen LogP contribution in [-0.2, 0) is 7.86 Å². The van der Waals surface area contributed by atoms with Crippen LogP contribution in [0.25, 0.3) is 0 Å². The Morgan fingerprint density at radius 2 is 1.87 bits per heavy atom. The Kier molecular flexibility index (Phi) is 5.68. The molecule has 0 unspecified atom stereocenters. The number of hydrogen-bond acceptors (Lipinski definition) is 2. The van der Waals surface area contributed by atoms with E-state index >= 15 is 0 Å². The molecule has 0 atom stereocenters. The van der Waals surface area contributed by atoms with E-state index in [-0.39, 0.29) is 11.9 Å². The minimum atomic E-state index is -0.609. The second-order valence-corrected chi connectivity index (χ2v) is 5.41. The van der Waals surface area contributed by atoms with Crippen LogP contribution in [0, 0.1) is 9.49 Å². The number of carbonyl (C=O) groups excluding carboxylic acids is 1. The molecule has 1 aromatic rings. The summed E-state index contributed by atoms with van der Waals surface area (Å²) in [7, 11) is 0. The first-order chi connectivity index (χ1) is 7.27. The van der Waals surface area contributed by atoms with E-state index in [1.165, 1.54) is 0 Å². The predicted molar refractivity (Wildman–Crippen MR) is 55.3 cm³/mol. The number of rotatable bonds is 5. The van der Waals surface area contributed by atoms with Crippen molar-refractivity contribution in [2.45, 2.75) is 26.7 Å². The van der Waals surface area contributed by atoms with Gasteiger partial charge < -0.3 is 0 Å². The molecule has 0 aliphatic heterocycles. The van der Waals surface area contributed by atoms with Crippen LogP contribution in [0.2, 0.25) is 0 Å². The summed E-state index contributed by atoms with van der Waals surface area (Å²) in [5.74, 6) is 0.0464. The van der Waals surface area contributed by atoms with Crippen molar-refractivity contribution in [3.8, 4) is 0 Å². The van der Waals surface area contributed by atoms with Gasteiger partial charge in [-0.15, -0.1) is 0 Å². The average Bonchev–Trinajstić information content (AvgIpc) is 2.29. The molecule has 15 heavy (non-hydrogen) atoms. The zero-order chi connectivity index (χ0) is 11.1. The normalized spacial score (nSPS) is 10.6. The molecule has 0 heterocycles. The van der Waals surface area contributed by atoms with E-state index in [1.807, 2.05) is 44.2 Å². The molecule has 1 aromatic carbocycles.